The second kappa shape index (κ2) is 10.1. The molecule has 0 aromatic rings. The lowest BCUT2D eigenvalue weighted by Gasteiger charge is -2.33. The molecule has 0 aliphatic heterocycles. The molecular formula is C14H30IP. The lowest BCUT2D eigenvalue weighted by Crippen LogP contribution is -2.28. The molecule has 0 N–H and O–H groups in total. The van der Waals surface area contributed by atoms with Crippen molar-refractivity contribution in [1.29, 1.82) is 0 Å². The van der Waals surface area contributed by atoms with E-state index in [1.54, 1.807) is 0 Å². The van der Waals surface area contributed by atoms with Crippen LogP contribution in [0.3, 0.4) is 0 Å². The minimum absolute atomic E-state index is 0.897. The van der Waals surface area contributed by atoms with E-state index in [-0.39, 0.29) is 0 Å². The Morgan fingerprint density at radius 1 is 1.00 bits per heavy atom. The minimum Gasteiger partial charge on any atom is -0.125 e. The van der Waals surface area contributed by atoms with Gasteiger partial charge in [0, 0.05) is 3.92 Å². The summed E-state index contributed by atoms with van der Waals surface area (Å²) in [6.45, 7) is 11.9. The Labute approximate surface area is 119 Å². The molecule has 0 aromatic heterocycles. The Hall–Kier alpha value is 1.16. The van der Waals surface area contributed by atoms with E-state index in [1.807, 2.05) is 0 Å². The molecule has 0 bridgehead atoms. The second-order valence-electron chi connectivity index (χ2n) is 4.94. The first kappa shape index (κ1) is 17.2. The molecule has 16 heavy (non-hydrogen) atoms. The van der Waals surface area contributed by atoms with Crippen LogP contribution in [0.2, 0.25) is 0 Å². The van der Waals surface area contributed by atoms with Crippen LogP contribution >= 0.6 is 31.2 Å². The quantitative estimate of drug-likeness (QED) is 0.287. The molecule has 0 saturated carbocycles. The largest absolute Gasteiger partial charge is 0.125 e. The number of hydrogen-bond donors (Lipinski definition) is 0. The summed E-state index contributed by atoms with van der Waals surface area (Å²) < 4.78 is 0.897. The zero-order valence-corrected chi connectivity index (χ0v) is 14.9. The Morgan fingerprint density at radius 2 is 1.56 bits per heavy atom. The van der Waals surface area contributed by atoms with Gasteiger partial charge in [-0.2, -0.15) is 0 Å². The molecule has 98 valence electrons. The molecule has 2 heteroatoms. The number of alkyl halides is 1. The molecule has 0 spiro atoms. The van der Waals surface area contributed by atoms with Gasteiger partial charge in [-0.05, 0) is 37.0 Å². The van der Waals surface area contributed by atoms with Crippen molar-refractivity contribution in [2.24, 2.45) is 17.8 Å². The lowest BCUT2D eigenvalue weighted by molar-refractivity contribution is 0.218. The van der Waals surface area contributed by atoms with E-state index >= 15 is 0 Å². The third kappa shape index (κ3) is 5.67. The second-order valence-corrected chi connectivity index (χ2v) is 7.75. The van der Waals surface area contributed by atoms with Gasteiger partial charge in [0.25, 0.3) is 0 Å². The highest BCUT2D eigenvalue weighted by Crippen LogP contribution is 2.36. The van der Waals surface area contributed by atoms with Crippen LogP contribution in [0.15, 0.2) is 0 Å². The van der Waals surface area contributed by atoms with E-state index in [9.17, 15) is 0 Å². The Balaban J connectivity index is 4.41. The van der Waals surface area contributed by atoms with Crippen molar-refractivity contribution in [3.05, 3.63) is 0 Å². The van der Waals surface area contributed by atoms with Crippen LogP contribution in [0.1, 0.15) is 53.4 Å². The van der Waals surface area contributed by atoms with Gasteiger partial charge in [0.15, 0.2) is 0 Å². The minimum atomic E-state index is 0.897. The molecule has 0 aromatic carbocycles. The highest BCUT2D eigenvalue weighted by molar-refractivity contribution is 14.1. The Bertz CT molecular complexity index is 161. The summed E-state index contributed by atoms with van der Waals surface area (Å²) in [5.41, 5.74) is 0. The molecule has 0 nitrogen and oxygen atoms in total. The van der Waals surface area contributed by atoms with Gasteiger partial charge in [0.05, 0.1) is 0 Å². The van der Waals surface area contributed by atoms with Gasteiger partial charge in [0.1, 0.15) is 0 Å². The molecule has 0 rings (SSSR count). The van der Waals surface area contributed by atoms with Crippen LogP contribution in [0.4, 0.5) is 0 Å². The van der Waals surface area contributed by atoms with Crippen molar-refractivity contribution in [3.63, 3.8) is 0 Å². The monoisotopic (exact) mass is 356 g/mol. The summed E-state index contributed by atoms with van der Waals surface area (Å²) >= 11 is 2.72. The smallest absolute Gasteiger partial charge is 0.0144 e. The number of hydrogen-bond acceptors (Lipinski definition) is 0. The summed E-state index contributed by atoms with van der Waals surface area (Å²) in [5, 5.41) is 0. The van der Waals surface area contributed by atoms with Crippen LogP contribution in [0.25, 0.3) is 0 Å². The van der Waals surface area contributed by atoms with Gasteiger partial charge in [0.2, 0.25) is 0 Å². The van der Waals surface area contributed by atoms with Gasteiger partial charge in [-0.3, -0.25) is 0 Å². The zero-order chi connectivity index (χ0) is 12.6. The van der Waals surface area contributed by atoms with Crippen molar-refractivity contribution < 1.29 is 0 Å². The summed E-state index contributed by atoms with van der Waals surface area (Å²) in [4.78, 5) is 0. The van der Waals surface area contributed by atoms with Crippen molar-refractivity contribution in [1.82, 2.24) is 0 Å². The molecule has 5 atom stereocenters. The molecule has 0 heterocycles. The first-order valence-corrected chi connectivity index (χ1v) is 9.86. The fourth-order valence-electron chi connectivity index (χ4n) is 2.75. The molecule has 0 aliphatic rings. The maximum atomic E-state index is 2.72. The standard InChI is InChI=1S/C14H30IP/c1-6-11(4)12(7-2)13(8-3)14(15)9-10-16-5/h11-14,16H,6-10H2,1-5H3. The van der Waals surface area contributed by atoms with Crippen molar-refractivity contribution in [3.8, 4) is 0 Å². The Morgan fingerprint density at radius 3 is 1.94 bits per heavy atom. The van der Waals surface area contributed by atoms with Crippen molar-refractivity contribution >= 4 is 31.2 Å². The number of rotatable bonds is 9. The summed E-state index contributed by atoms with van der Waals surface area (Å²) in [7, 11) is 1.13. The van der Waals surface area contributed by atoms with Gasteiger partial charge < -0.3 is 0 Å². The van der Waals surface area contributed by atoms with Gasteiger partial charge >= 0.3 is 0 Å². The van der Waals surface area contributed by atoms with Crippen LogP contribution in [0, 0.1) is 17.8 Å². The van der Waals surface area contributed by atoms with E-state index in [4.69, 9.17) is 0 Å². The molecule has 0 amide bonds. The van der Waals surface area contributed by atoms with E-state index in [0.717, 1.165) is 30.3 Å². The molecule has 0 radical (unpaired) electrons. The predicted octanol–water partition coefficient (Wildman–Crippen LogP) is 5.59. The fraction of sp³-hybridized carbons (Fsp3) is 1.00. The molecule has 5 unspecified atom stereocenters. The summed E-state index contributed by atoms with van der Waals surface area (Å²) in [6, 6.07) is 0. The maximum Gasteiger partial charge on any atom is 0.0144 e. The molecule has 0 saturated heterocycles. The normalized spacial score (nSPS) is 19.9. The topological polar surface area (TPSA) is 0 Å². The van der Waals surface area contributed by atoms with E-state index in [0.29, 0.717) is 0 Å². The highest BCUT2D eigenvalue weighted by Gasteiger charge is 2.28. The zero-order valence-electron chi connectivity index (χ0n) is 11.7. The highest BCUT2D eigenvalue weighted by atomic mass is 127. The first-order valence-electron chi connectivity index (χ1n) is 6.90. The van der Waals surface area contributed by atoms with E-state index < -0.39 is 0 Å². The SMILES string of the molecule is CCC(C)C(CC)C(CC)C(I)CCPC. The van der Waals surface area contributed by atoms with E-state index in [2.05, 4.69) is 57.0 Å². The third-order valence-corrected chi connectivity index (χ3v) is 6.34. The molecular weight excluding hydrogens is 326 g/mol. The summed E-state index contributed by atoms with van der Waals surface area (Å²) in [6.07, 6.45) is 6.93. The van der Waals surface area contributed by atoms with Crippen LogP contribution in [0.5, 0.6) is 0 Å². The average molecular weight is 356 g/mol. The predicted molar refractivity (Wildman–Crippen MR) is 88.5 cm³/mol. The first-order chi connectivity index (χ1) is 7.62. The van der Waals surface area contributed by atoms with E-state index in [1.165, 1.54) is 31.8 Å². The number of halogens is 1. The van der Waals surface area contributed by atoms with Gasteiger partial charge in [-0.15, -0.1) is 8.58 Å². The lowest BCUT2D eigenvalue weighted by atomic mass is 9.76. The van der Waals surface area contributed by atoms with Crippen molar-refractivity contribution in [2.75, 3.05) is 12.8 Å². The molecule has 0 aliphatic carbocycles. The van der Waals surface area contributed by atoms with Gasteiger partial charge in [-0.25, -0.2) is 0 Å². The van der Waals surface area contributed by atoms with Gasteiger partial charge in [-0.1, -0.05) is 69.5 Å². The summed E-state index contributed by atoms with van der Waals surface area (Å²) in [5.74, 6) is 2.78. The average Bonchev–Trinajstić information content (AvgIpc) is 2.31. The van der Waals surface area contributed by atoms with Crippen LogP contribution in [-0.4, -0.2) is 16.8 Å². The van der Waals surface area contributed by atoms with Crippen LogP contribution < -0.4 is 0 Å². The maximum absolute atomic E-state index is 2.72. The molecule has 0 fully saturated rings. The fourth-order valence-corrected chi connectivity index (χ4v) is 5.29. The Kier molecular flexibility index (Phi) is 10.9. The van der Waals surface area contributed by atoms with Crippen LogP contribution in [-0.2, 0) is 0 Å². The van der Waals surface area contributed by atoms with Crippen molar-refractivity contribution in [2.45, 2.75) is 57.3 Å². The third-order valence-electron chi connectivity index (χ3n) is 4.00.